The normalized spacial score (nSPS) is 15.2. The van der Waals surface area contributed by atoms with Crippen molar-refractivity contribution in [3.63, 3.8) is 0 Å². The maximum atomic E-state index is 2.44. The highest BCUT2D eigenvalue weighted by atomic mass is 32.1. The molecule has 2 bridgehead atoms. The van der Waals surface area contributed by atoms with Gasteiger partial charge < -0.3 is 4.57 Å². The number of benzene rings is 9. The molecule has 58 heavy (non-hydrogen) atoms. The van der Waals surface area contributed by atoms with Crippen LogP contribution in [0.1, 0.15) is 45.2 Å². The van der Waals surface area contributed by atoms with E-state index in [0.29, 0.717) is 0 Å². The molecule has 3 aliphatic rings. The molecule has 0 saturated heterocycles. The lowest BCUT2D eigenvalue weighted by atomic mass is 9.58. The van der Waals surface area contributed by atoms with Gasteiger partial charge in [0, 0.05) is 48.5 Å². The summed E-state index contributed by atoms with van der Waals surface area (Å²) in [4.78, 5) is 0. The van der Waals surface area contributed by atoms with E-state index in [-0.39, 0.29) is 11.8 Å². The minimum atomic E-state index is 0.147. The molecule has 2 aromatic heterocycles. The highest BCUT2D eigenvalue weighted by Gasteiger charge is 2.43. The number of aromatic nitrogens is 1. The van der Waals surface area contributed by atoms with Crippen LogP contribution in [-0.2, 0) is 0 Å². The van der Waals surface area contributed by atoms with E-state index in [1.54, 1.807) is 0 Å². The molecule has 3 aliphatic carbocycles. The molecule has 14 rings (SSSR count). The number of nitrogens with zero attached hydrogens (tertiary/aromatic N) is 1. The third-order valence-electron chi connectivity index (χ3n) is 13.0. The minimum absolute atomic E-state index is 0.147. The standard InChI is InChI=1S/C56H35NS/c1-3-20-46-44(18-1)52-45-19-2-4-21-47(45)53(46)55-39(35-13-11-14-36(33-35)40-22-12-23-48-43-17-7-10-26-51(43)58-56(40)48)32-31-38(54(52)55)34-27-29-37(30-28-34)57-49-24-8-5-15-41(49)42-16-6-9-25-50(42)57/h1-33,52-53H. The van der Waals surface area contributed by atoms with Crippen LogP contribution in [0.25, 0.3) is 81.0 Å². The Bertz CT molecular complexity index is 3370. The lowest BCUT2D eigenvalue weighted by Crippen LogP contribution is -2.28. The number of para-hydroxylation sites is 2. The summed E-state index contributed by atoms with van der Waals surface area (Å²) >= 11 is 1.90. The van der Waals surface area contributed by atoms with Crippen molar-refractivity contribution in [2.75, 3.05) is 0 Å². The quantitative estimate of drug-likeness (QED) is 0.169. The number of fused-ring (bicyclic) bond motifs is 6. The lowest BCUT2D eigenvalue weighted by molar-refractivity contribution is 0.757. The zero-order valence-corrected chi connectivity index (χ0v) is 32.4. The van der Waals surface area contributed by atoms with Gasteiger partial charge in [0.1, 0.15) is 0 Å². The first-order valence-corrected chi connectivity index (χ1v) is 21.1. The van der Waals surface area contributed by atoms with E-state index in [4.69, 9.17) is 0 Å². The predicted octanol–water partition coefficient (Wildman–Crippen LogP) is 15.1. The van der Waals surface area contributed by atoms with E-state index in [2.05, 4.69) is 205 Å². The Morgan fingerprint density at radius 3 is 1.45 bits per heavy atom. The number of rotatable bonds is 4. The third-order valence-corrected chi connectivity index (χ3v) is 14.2. The first-order valence-electron chi connectivity index (χ1n) is 20.2. The molecule has 1 nitrogen and oxygen atoms in total. The molecule has 0 N–H and O–H groups in total. The molecule has 2 heteroatoms. The molecule has 0 atom stereocenters. The molecule has 11 aromatic rings. The van der Waals surface area contributed by atoms with E-state index in [1.165, 1.54) is 114 Å². The van der Waals surface area contributed by atoms with Crippen molar-refractivity contribution in [3.05, 3.63) is 234 Å². The molecule has 0 amide bonds. The van der Waals surface area contributed by atoms with Gasteiger partial charge in [-0.1, -0.05) is 164 Å². The summed E-state index contributed by atoms with van der Waals surface area (Å²) in [6, 6.07) is 75.0. The van der Waals surface area contributed by atoms with E-state index >= 15 is 0 Å². The lowest BCUT2D eigenvalue weighted by Gasteiger charge is -2.44. The Kier molecular flexibility index (Phi) is 6.78. The number of thiophene rings is 1. The zero-order valence-electron chi connectivity index (χ0n) is 31.6. The highest BCUT2D eigenvalue weighted by Crippen LogP contribution is 2.60. The highest BCUT2D eigenvalue weighted by molar-refractivity contribution is 7.26. The van der Waals surface area contributed by atoms with Gasteiger partial charge in [-0.2, -0.15) is 0 Å². The van der Waals surface area contributed by atoms with Crippen LogP contribution in [0.15, 0.2) is 200 Å². The minimum Gasteiger partial charge on any atom is -0.309 e. The second kappa shape index (κ2) is 12.2. The summed E-state index contributed by atoms with van der Waals surface area (Å²) in [6.07, 6.45) is 0. The van der Waals surface area contributed by atoms with Gasteiger partial charge in [-0.25, -0.2) is 0 Å². The molecular formula is C56H35NS. The monoisotopic (exact) mass is 753 g/mol. The van der Waals surface area contributed by atoms with Crippen LogP contribution in [0.2, 0.25) is 0 Å². The van der Waals surface area contributed by atoms with Gasteiger partial charge >= 0.3 is 0 Å². The summed E-state index contributed by atoms with van der Waals surface area (Å²) < 4.78 is 5.10. The molecule has 0 unspecified atom stereocenters. The maximum Gasteiger partial charge on any atom is 0.0541 e. The van der Waals surface area contributed by atoms with Gasteiger partial charge in [-0.15, -0.1) is 11.3 Å². The molecule has 0 radical (unpaired) electrons. The smallest absolute Gasteiger partial charge is 0.0541 e. The van der Waals surface area contributed by atoms with E-state index < -0.39 is 0 Å². The number of hydrogen-bond acceptors (Lipinski definition) is 1. The van der Waals surface area contributed by atoms with Gasteiger partial charge in [0.15, 0.2) is 0 Å². The van der Waals surface area contributed by atoms with Gasteiger partial charge in [0.05, 0.1) is 11.0 Å². The third kappa shape index (κ3) is 4.47. The Morgan fingerprint density at radius 1 is 0.345 bits per heavy atom. The average Bonchev–Trinajstić information content (AvgIpc) is 3.85. The van der Waals surface area contributed by atoms with Gasteiger partial charge in [-0.05, 0) is 103 Å². The summed E-state index contributed by atoms with van der Waals surface area (Å²) in [5.41, 5.74) is 20.0. The van der Waals surface area contributed by atoms with Crippen molar-refractivity contribution in [2.45, 2.75) is 11.8 Å². The zero-order chi connectivity index (χ0) is 37.9. The van der Waals surface area contributed by atoms with Gasteiger partial charge in [-0.3, -0.25) is 0 Å². The molecule has 270 valence electrons. The van der Waals surface area contributed by atoms with Crippen LogP contribution >= 0.6 is 11.3 Å². The fraction of sp³-hybridized carbons (Fsp3) is 0.0357. The van der Waals surface area contributed by atoms with E-state index in [0.717, 1.165) is 0 Å². The van der Waals surface area contributed by atoms with Crippen LogP contribution in [0.5, 0.6) is 0 Å². The van der Waals surface area contributed by atoms with Crippen LogP contribution in [0.3, 0.4) is 0 Å². The van der Waals surface area contributed by atoms with E-state index in [1.807, 2.05) is 11.3 Å². The Hall–Kier alpha value is -7.00. The first-order chi connectivity index (χ1) is 28.8. The molecule has 0 aliphatic heterocycles. The SMILES string of the molecule is c1cc(-c2ccc(-c3ccc(-n4c5ccccc5c5ccccc54)cc3)c3c2C2c4ccccc4C3c3ccccc32)cc(-c2cccc3c2sc2ccccc23)c1. The predicted molar refractivity (Wildman–Crippen MR) is 245 cm³/mol. The van der Waals surface area contributed by atoms with Crippen LogP contribution in [0, 0.1) is 0 Å². The van der Waals surface area contributed by atoms with Crippen molar-refractivity contribution in [1.29, 1.82) is 0 Å². The van der Waals surface area contributed by atoms with E-state index in [9.17, 15) is 0 Å². The molecule has 0 fully saturated rings. The fourth-order valence-electron chi connectivity index (χ4n) is 10.6. The van der Waals surface area contributed by atoms with Crippen LogP contribution < -0.4 is 0 Å². The summed E-state index contributed by atoms with van der Waals surface area (Å²) in [7, 11) is 0. The molecule has 9 aromatic carbocycles. The Balaban J connectivity index is 1.02. The van der Waals surface area contributed by atoms with Crippen LogP contribution in [0.4, 0.5) is 0 Å². The molecule has 0 saturated carbocycles. The van der Waals surface area contributed by atoms with Gasteiger partial charge in [0.25, 0.3) is 0 Å². The summed E-state index contributed by atoms with van der Waals surface area (Å²) in [6.45, 7) is 0. The van der Waals surface area contributed by atoms with Crippen molar-refractivity contribution >= 4 is 53.3 Å². The summed E-state index contributed by atoms with van der Waals surface area (Å²) in [5.74, 6) is 0.295. The Morgan fingerprint density at radius 2 is 0.828 bits per heavy atom. The topological polar surface area (TPSA) is 4.93 Å². The second-order valence-electron chi connectivity index (χ2n) is 15.9. The first kappa shape index (κ1) is 32.1. The molecular weight excluding hydrogens is 719 g/mol. The van der Waals surface area contributed by atoms with Crippen molar-refractivity contribution in [2.24, 2.45) is 0 Å². The van der Waals surface area contributed by atoms with Crippen LogP contribution in [-0.4, -0.2) is 4.57 Å². The number of hydrogen-bond donors (Lipinski definition) is 0. The fourth-order valence-corrected chi connectivity index (χ4v) is 11.9. The van der Waals surface area contributed by atoms with Crippen molar-refractivity contribution < 1.29 is 0 Å². The van der Waals surface area contributed by atoms with Gasteiger partial charge in [0.2, 0.25) is 0 Å². The Labute approximate surface area is 340 Å². The molecule has 2 heterocycles. The van der Waals surface area contributed by atoms with Crippen molar-refractivity contribution in [3.8, 4) is 39.1 Å². The van der Waals surface area contributed by atoms with Crippen molar-refractivity contribution in [1.82, 2.24) is 4.57 Å². The second-order valence-corrected chi connectivity index (χ2v) is 16.9. The largest absolute Gasteiger partial charge is 0.309 e. The average molecular weight is 754 g/mol. The molecule has 0 spiro atoms. The maximum absolute atomic E-state index is 2.44. The summed E-state index contributed by atoms with van der Waals surface area (Å²) in [5, 5.41) is 5.23.